The summed E-state index contributed by atoms with van der Waals surface area (Å²) in [5, 5.41) is 2.84. The minimum Gasteiger partial charge on any atom is -0.469 e. The van der Waals surface area contributed by atoms with E-state index in [1.165, 1.54) is 10.4 Å². The van der Waals surface area contributed by atoms with Crippen molar-refractivity contribution < 1.29 is 17.6 Å². The van der Waals surface area contributed by atoms with E-state index in [4.69, 9.17) is 4.42 Å². The molecule has 0 unspecified atom stereocenters. The Morgan fingerprint density at radius 1 is 1.22 bits per heavy atom. The van der Waals surface area contributed by atoms with Crippen molar-refractivity contribution in [2.45, 2.75) is 37.5 Å². The summed E-state index contributed by atoms with van der Waals surface area (Å²) in [6.07, 6.45) is 4.87. The van der Waals surface area contributed by atoms with Crippen LogP contribution in [0.2, 0.25) is 0 Å². The lowest BCUT2D eigenvalue weighted by Crippen LogP contribution is -2.38. The van der Waals surface area contributed by atoms with Crippen molar-refractivity contribution in [3.8, 4) is 0 Å². The Bertz CT molecular complexity index is 854. The maximum Gasteiger partial charge on any atom is 0.251 e. The molecule has 2 heterocycles. The number of rotatable bonds is 7. The van der Waals surface area contributed by atoms with Crippen molar-refractivity contribution in [3.05, 3.63) is 54.0 Å². The molecule has 0 spiro atoms. The van der Waals surface area contributed by atoms with Crippen LogP contribution in [0.3, 0.4) is 0 Å². The normalized spacial score (nSPS) is 16.3. The van der Waals surface area contributed by atoms with Crippen molar-refractivity contribution in [1.29, 1.82) is 0 Å². The van der Waals surface area contributed by atoms with Gasteiger partial charge in [-0.25, -0.2) is 8.42 Å². The van der Waals surface area contributed by atoms with Gasteiger partial charge in [0.05, 0.1) is 11.2 Å². The minimum absolute atomic E-state index is 0.181. The van der Waals surface area contributed by atoms with Crippen LogP contribution in [0.5, 0.6) is 0 Å². The second-order valence-corrected chi connectivity index (χ2v) is 8.99. The van der Waals surface area contributed by atoms with Gasteiger partial charge in [-0.05, 0) is 55.5 Å². The summed E-state index contributed by atoms with van der Waals surface area (Å²) >= 11 is 0. The van der Waals surface area contributed by atoms with Gasteiger partial charge in [-0.2, -0.15) is 4.31 Å². The predicted molar refractivity (Wildman–Crippen MR) is 103 cm³/mol. The molecular formula is C20H26N2O4S. The molecule has 1 aromatic heterocycles. The lowest BCUT2D eigenvalue weighted by molar-refractivity contribution is 0.0953. The van der Waals surface area contributed by atoms with E-state index < -0.39 is 10.0 Å². The second kappa shape index (κ2) is 8.71. The average Bonchev–Trinajstić information content (AvgIpc) is 3.19. The number of benzene rings is 1. The number of sulfonamides is 1. The summed E-state index contributed by atoms with van der Waals surface area (Å²) in [4.78, 5) is 12.5. The summed E-state index contributed by atoms with van der Waals surface area (Å²) in [5.41, 5.74) is 0.361. The summed E-state index contributed by atoms with van der Waals surface area (Å²) < 4.78 is 32.5. The highest BCUT2D eigenvalue weighted by Gasteiger charge is 2.28. The van der Waals surface area contributed by atoms with Crippen molar-refractivity contribution in [1.82, 2.24) is 9.62 Å². The zero-order valence-corrected chi connectivity index (χ0v) is 16.4. The number of nitrogens with one attached hydrogen (secondary N) is 1. The topological polar surface area (TPSA) is 79.6 Å². The van der Waals surface area contributed by atoms with Gasteiger partial charge in [0, 0.05) is 31.6 Å². The third-order valence-electron chi connectivity index (χ3n) is 4.94. The highest BCUT2D eigenvalue weighted by atomic mass is 32.2. The van der Waals surface area contributed by atoms with Gasteiger partial charge in [0.15, 0.2) is 0 Å². The maximum absolute atomic E-state index is 12.8. The van der Waals surface area contributed by atoms with Crippen LogP contribution in [0, 0.1) is 5.92 Å². The lowest BCUT2D eigenvalue weighted by Gasteiger charge is -2.29. The van der Waals surface area contributed by atoms with Gasteiger partial charge in [0.1, 0.15) is 5.76 Å². The Hall–Kier alpha value is -2.12. The molecule has 0 atom stereocenters. The fraction of sp³-hybridized carbons (Fsp3) is 0.450. The molecule has 0 saturated carbocycles. The molecule has 3 rings (SSSR count). The zero-order chi connectivity index (χ0) is 19.3. The van der Waals surface area contributed by atoms with E-state index in [2.05, 4.69) is 12.2 Å². The molecule has 0 bridgehead atoms. The maximum atomic E-state index is 12.8. The van der Waals surface area contributed by atoms with Crippen molar-refractivity contribution in [2.75, 3.05) is 19.6 Å². The van der Waals surface area contributed by atoms with Gasteiger partial charge in [0.2, 0.25) is 10.0 Å². The van der Waals surface area contributed by atoms with Crippen LogP contribution in [-0.2, 0) is 16.4 Å². The first-order chi connectivity index (χ1) is 13.0. The number of carbonyl (C=O) groups excluding carboxylic acids is 1. The molecule has 2 aromatic rings. The van der Waals surface area contributed by atoms with Crippen LogP contribution in [0.1, 0.15) is 42.3 Å². The Balaban J connectivity index is 1.59. The summed E-state index contributed by atoms with van der Waals surface area (Å²) in [6, 6.07) is 10.0. The Labute approximate surface area is 160 Å². The third-order valence-corrected chi connectivity index (χ3v) is 6.84. The standard InChI is InChI=1S/C20H26N2O4S/c1-16-9-12-22(13-10-16)27(24,25)19-8-2-5-17(15-19)20(23)21-11-3-6-18-7-4-14-26-18/h2,4-5,7-8,14-16H,3,6,9-13H2,1H3,(H,21,23). The van der Waals surface area contributed by atoms with Crippen LogP contribution < -0.4 is 5.32 Å². The molecule has 1 saturated heterocycles. The highest BCUT2D eigenvalue weighted by molar-refractivity contribution is 7.89. The Morgan fingerprint density at radius 3 is 2.70 bits per heavy atom. The molecule has 1 fully saturated rings. The first-order valence-electron chi connectivity index (χ1n) is 9.37. The number of nitrogens with zero attached hydrogens (tertiary/aromatic N) is 1. The fourth-order valence-corrected chi connectivity index (χ4v) is 4.71. The zero-order valence-electron chi connectivity index (χ0n) is 15.6. The van der Waals surface area contributed by atoms with E-state index in [1.54, 1.807) is 24.5 Å². The summed E-state index contributed by atoms with van der Waals surface area (Å²) in [6.45, 7) is 3.71. The van der Waals surface area contributed by atoms with Gasteiger partial charge in [-0.3, -0.25) is 4.79 Å². The smallest absolute Gasteiger partial charge is 0.251 e. The number of carbonyl (C=O) groups is 1. The molecule has 146 valence electrons. The first kappa shape index (κ1) is 19.6. The number of hydrogen-bond donors (Lipinski definition) is 1. The predicted octanol–water partition coefficient (Wildman–Crippen LogP) is 3.06. The van der Waals surface area contributed by atoms with Gasteiger partial charge >= 0.3 is 0 Å². The molecule has 1 N–H and O–H groups in total. The first-order valence-corrected chi connectivity index (χ1v) is 10.8. The van der Waals surface area contributed by atoms with E-state index in [0.717, 1.165) is 31.4 Å². The highest BCUT2D eigenvalue weighted by Crippen LogP contribution is 2.24. The number of furan rings is 1. The van der Waals surface area contributed by atoms with Crippen LogP contribution in [0.15, 0.2) is 52.0 Å². The molecule has 1 amide bonds. The summed E-state index contributed by atoms with van der Waals surface area (Å²) in [5.74, 6) is 1.17. The van der Waals surface area contributed by atoms with Gasteiger partial charge in [0.25, 0.3) is 5.91 Å². The molecule has 6 nitrogen and oxygen atoms in total. The van der Waals surface area contributed by atoms with E-state index in [0.29, 0.717) is 31.1 Å². The van der Waals surface area contributed by atoms with E-state index in [-0.39, 0.29) is 10.8 Å². The van der Waals surface area contributed by atoms with Crippen LogP contribution in [0.4, 0.5) is 0 Å². The van der Waals surface area contributed by atoms with Gasteiger partial charge < -0.3 is 9.73 Å². The second-order valence-electron chi connectivity index (χ2n) is 7.05. The van der Waals surface area contributed by atoms with E-state index in [9.17, 15) is 13.2 Å². The van der Waals surface area contributed by atoms with Crippen molar-refractivity contribution in [2.24, 2.45) is 5.92 Å². The molecular weight excluding hydrogens is 364 g/mol. The molecule has 0 aliphatic carbocycles. The SMILES string of the molecule is CC1CCN(S(=O)(=O)c2cccc(C(=O)NCCCc3ccco3)c2)CC1. The van der Waals surface area contributed by atoms with Crippen molar-refractivity contribution >= 4 is 15.9 Å². The summed E-state index contributed by atoms with van der Waals surface area (Å²) in [7, 11) is -3.56. The van der Waals surface area contributed by atoms with Crippen LogP contribution in [-0.4, -0.2) is 38.3 Å². The number of aryl methyl sites for hydroxylation is 1. The van der Waals surface area contributed by atoms with E-state index >= 15 is 0 Å². The quantitative estimate of drug-likeness (QED) is 0.737. The minimum atomic E-state index is -3.56. The molecule has 1 aromatic carbocycles. The number of hydrogen-bond acceptors (Lipinski definition) is 4. The molecule has 0 radical (unpaired) electrons. The number of amides is 1. The van der Waals surface area contributed by atoms with Crippen LogP contribution >= 0.6 is 0 Å². The third kappa shape index (κ3) is 4.99. The Morgan fingerprint density at radius 2 is 2.00 bits per heavy atom. The monoisotopic (exact) mass is 390 g/mol. The van der Waals surface area contributed by atoms with E-state index in [1.807, 2.05) is 12.1 Å². The van der Waals surface area contributed by atoms with Crippen LogP contribution in [0.25, 0.3) is 0 Å². The molecule has 7 heteroatoms. The molecule has 1 aliphatic rings. The average molecular weight is 391 g/mol. The van der Waals surface area contributed by atoms with Gasteiger partial charge in [-0.1, -0.05) is 13.0 Å². The fourth-order valence-electron chi connectivity index (χ4n) is 3.19. The largest absolute Gasteiger partial charge is 0.469 e. The Kier molecular flexibility index (Phi) is 6.34. The number of piperidine rings is 1. The van der Waals surface area contributed by atoms with Crippen molar-refractivity contribution in [3.63, 3.8) is 0 Å². The molecule has 1 aliphatic heterocycles. The van der Waals surface area contributed by atoms with Gasteiger partial charge in [-0.15, -0.1) is 0 Å². The molecule has 27 heavy (non-hydrogen) atoms. The lowest BCUT2D eigenvalue weighted by atomic mass is 10.0.